The van der Waals surface area contributed by atoms with Gasteiger partial charge in [0.2, 0.25) is 0 Å². The molecule has 0 aliphatic carbocycles. The number of aryl methyl sites for hydroxylation is 1. The summed E-state index contributed by atoms with van der Waals surface area (Å²) in [7, 11) is 0. The van der Waals surface area contributed by atoms with Crippen molar-refractivity contribution in [2.24, 2.45) is 5.41 Å². The van der Waals surface area contributed by atoms with Crippen molar-refractivity contribution in [1.29, 1.82) is 0 Å². The van der Waals surface area contributed by atoms with Crippen LogP contribution < -0.4 is 9.64 Å². The van der Waals surface area contributed by atoms with Crippen molar-refractivity contribution in [1.82, 2.24) is 4.98 Å². The second-order valence-corrected chi connectivity index (χ2v) is 14.0. The highest BCUT2D eigenvalue weighted by atomic mass is 19.3. The van der Waals surface area contributed by atoms with Crippen LogP contribution in [0.2, 0.25) is 0 Å². The van der Waals surface area contributed by atoms with Gasteiger partial charge in [0, 0.05) is 36.3 Å². The molecule has 1 aliphatic heterocycles. The summed E-state index contributed by atoms with van der Waals surface area (Å²) < 4.78 is 61.0. The number of alkyl halides is 2. The van der Waals surface area contributed by atoms with E-state index in [0.717, 1.165) is 18.4 Å². The molecule has 3 aromatic rings. The van der Waals surface area contributed by atoms with Gasteiger partial charge in [-0.05, 0) is 95.2 Å². The second kappa shape index (κ2) is 14.4. The van der Waals surface area contributed by atoms with Crippen molar-refractivity contribution in [3.05, 3.63) is 76.9 Å². The summed E-state index contributed by atoms with van der Waals surface area (Å²) in [6.45, 7) is 16.7. The van der Waals surface area contributed by atoms with Gasteiger partial charge in [-0.15, -0.1) is 0 Å². The number of hydrogen-bond donors (Lipinski definition) is 0. The third-order valence-electron chi connectivity index (χ3n) is 8.08. The van der Waals surface area contributed by atoms with Crippen LogP contribution in [-0.2, 0) is 20.7 Å². The largest absolute Gasteiger partial charge is 0.493 e. The molecule has 250 valence electrons. The fourth-order valence-corrected chi connectivity index (χ4v) is 5.67. The van der Waals surface area contributed by atoms with Gasteiger partial charge in [0.1, 0.15) is 17.3 Å². The summed E-state index contributed by atoms with van der Waals surface area (Å²) in [5.41, 5.74) is 2.01. The fourth-order valence-electron chi connectivity index (χ4n) is 5.67. The Bertz CT molecular complexity index is 1470. The zero-order valence-corrected chi connectivity index (χ0v) is 28.3. The number of ether oxygens (including phenoxy) is 3. The van der Waals surface area contributed by atoms with Crippen LogP contribution in [0.1, 0.15) is 96.4 Å². The SMILES string of the molecule is Cc1nc(C(F)F)c(-c2ccc(OCCc3ccc(F)cc3)cc2)c(N2CCC(C)(C)CC2)c1[C@H](OC(C)(C)C)C(=O)OC(C)C. The number of rotatable bonds is 11. The number of hydrogen-bond acceptors (Lipinski definition) is 6. The number of benzene rings is 2. The highest BCUT2D eigenvalue weighted by Crippen LogP contribution is 2.47. The molecule has 2 aromatic carbocycles. The molecule has 0 spiro atoms. The summed E-state index contributed by atoms with van der Waals surface area (Å²) in [5, 5.41) is 0. The molecule has 0 unspecified atom stereocenters. The van der Waals surface area contributed by atoms with Gasteiger partial charge in [-0.2, -0.15) is 0 Å². The quantitative estimate of drug-likeness (QED) is 0.195. The predicted molar refractivity (Wildman–Crippen MR) is 175 cm³/mol. The summed E-state index contributed by atoms with van der Waals surface area (Å²) in [6, 6.07) is 13.2. The maximum Gasteiger partial charge on any atom is 0.340 e. The van der Waals surface area contributed by atoms with Gasteiger partial charge in [-0.1, -0.05) is 38.1 Å². The Morgan fingerprint density at radius 3 is 2.15 bits per heavy atom. The Labute approximate surface area is 271 Å². The highest BCUT2D eigenvalue weighted by molar-refractivity contribution is 5.88. The van der Waals surface area contributed by atoms with Gasteiger partial charge in [-0.3, -0.25) is 4.98 Å². The molecule has 1 aliphatic rings. The number of halogens is 3. The molecule has 0 radical (unpaired) electrons. The molecular weight excluding hydrogens is 593 g/mol. The zero-order chi connectivity index (χ0) is 33.8. The van der Waals surface area contributed by atoms with E-state index in [0.29, 0.717) is 54.4 Å². The number of nitrogens with zero attached hydrogens (tertiary/aromatic N) is 2. The summed E-state index contributed by atoms with van der Waals surface area (Å²) in [6.07, 6.45) is -2.17. The minimum Gasteiger partial charge on any atom is -0.493 e. The molecule has 0 amide bonds. The molecule has 2 heterocycles. The predicted octanol–water partition coefficient (Wildman–Crippen LogP) is 9.19. The lowest BCUT2D eigenvalue weighted by atomic mass is 9.81. The lowest BCUT2D eigenvalue weighted by Gasteiger charge is -2.41. The van der Waals surface area contributed by atoms with Crippen molar-refractivity contribution in [2.75, 3.05) is 24.6 Å². The van der Waals surface area contributed by atoms with Gasteiger partial charge in [-0.25, -0.2) is 18.0 Å². The van der Waals surface area contributed by atoms with Crippen molar-refractivity contribution in [2.45, 2.75) is 98.9 Å². The maximum absolute atomic E-state index is 14.9. The minimum atomic E-state index is -2.86. The smallest absolute Gasteiger partial charge is 0.340 e. The Morgan fingerprint density at radius 1 is 1.00 bits per heavy atom. The minimum absolute atomic E-state index is 0.0925. The number of esters is 1. The number of aromatic nitrogens is 1. The first kappa shape index (κ1) is 35.3. The molecule has 4 rings (SSSR count). The average Bonchev–Trinajstić information content (AvgIpc) is 2.96. The van der Waals surface area contributed by atoms with E-state index < -0.39 is 30.2 Å². The van der Waals surface area contributed by atoms with Crippen LogP contribution in [0, 0.1) is 18.2 Å². The average molecular weight is 641 g/mol. The topological polar surface area (TPSA) is 60.9 Å². The second-order valence-electron chi connectivity index (χ2n) is 14.0. The summed E-state index contributed by atoms with van der Waals surface area (Å²) in [5.74, 6) is -0.313. The van der Waals surface area contributed by atoms with Crippen LogP contribution in [0.4, 0.5) is 18.9 Å². The molecule has 1 saturated heterocycles. The van der Waals surface area contributed by atoms with Crippen LogP contribution >= 0.6 is 0 Å². The fraction of sp³-hybridized carbons (Fsp3) is 0.514. The molecule has 1 fully saturated rings. The van der Waals surface area contributed by atoms with Crippen LogP contribution in [-0.4, -0.2) is 42.4 Å². The lowest BCUT2D eigenvalue weighted by Crippen LogP contribution is -2.39. The van der Waals surface area contributed by atoms with Crippen LogP contribution in [0.5, 0.6) is 5.75 Å². The molecule has 0 saturated carbocycles. The van der Waals surface area contributed by atoms with Gasteiger partial charge < -0.3 is 19.1 Å². The van der Waals surface area contributed by atoms with E-state index in [1.54, 1.807) is 57.2 Å². The molecule has 1 atom stereocenters. The van der Waals surface area contributed by atoms with Crippen molar-refractivity contribution < 1.29 is 32.2 Å². The summed E-state index contributed by atoms with van der Waals surface area (Å²) >= 11 is 0. The van der Waals surface area contributed by atoms with Crippen molar-refractivity contribution >= 4 is 11.7 Å². The Morgan fingerprint density at radius 2 is 1.61 bits per heavy atom. The third kappa shape index (κ3) is 9.02. The van der Waals surface area contributed by atoms with E-state index >= 15 is 0 Å². The molecular formula is C37H47F3N2O4. The molecule has 0 bridgehead atoms. The maximum atomic E-state index is 14.9. The van der Waals surface area contributed by atoms with E-state index in [4.69, 9.17) is 14.2 Å². The van der Waals surface area contributed by atoms with Crippen molar-refractivity contribution in [3.63, 3.8) is 0 Å². The van der Waals surface area contributed by atoms with Gasteiger partial charge in [0.15, 0.2) is 6.10 Å². The monoisotopic (exact) mass is 640 g/mol. The molecule has 46 heavy (non-hydrogen) atoms. The third-order valence-corrected chi connectivity index (χ3v) is 8.08. The number of piperidine rings is 1. The van der Waals surface area contributed by atoms with E-state index in [1.807, 2.05) is 20.8 Å². The first-order valence-corrected chi connectivity index (χ1v) is 16.0. The van der Waals surface area contributed by atoms with Gasteiger partial charge >= 0.3 is 5.97 Å². The Hall–Kier alpha value is -3.59. The lowest BCUT2D eigenvalue weighted by molar-refractivity contribution is -0.171. The van der Waals surface area contributed by atoms with E-state index in [9.17, 15) is 18.0 Å². The number of carbonyl (C=O) groups excluding carboxylic acids is 1. The molecule has 9 heteroatoms. The first-order valence-electron chi connectivity index (χ1n) is 16.0. The highest BCUT2D eigenvalue weighted by Gasteiger charge is 2.39. The Balaban J connectivity index is 1.82. The van der Waals surface area contributed by atoms with Crippen LogP contribution in [0.3, 0.4) is 0 Å². The Kier molecular flexibility index (Phi) is 11.1. The zero-order valence-electron chi connectivity index (χ0n) is 28.3. The molecule has 0 N–H and O–H groups in total. The van der Waals surface area contributed by atoms with E-state index in [-0.39, 0.29) is 22.5 Å². The number of pyridine rings is 1. The number of carbonyl (C=O) groups is 1. The number of anilines is 1. The van der Waals surface area contributed by atoms with Crippen LogP contribution in [0.15, 0.2) is 48.5 Å². The van der Waals surface area contributed by atoms with E-state index in [2.05, 4.69) is 23.7 Å². The standard InChI is InChI=1S/C37H47F3N2O4/c1-23(2)45-35(43)33(46-36(4,5)6)29-24(3)41-31(34(39)40)30(32(29)42-20-18-37(7,8)19-21-42)26-11-15-28(16-12-26)44-22-17-25-9-13-27(38)14-10-25/h9-16,23,33-34H,17-22H2,1-8H3/t33-/m0/s1. The molecule has 1 aromatic heterocycles. The van der Waals surface area contributed by atoms with E-state index in [1.165, 1.54) is 12.1 Å². The molecule has 6 nitrogen and oxygen atoms in total. The van der Waals surface area contributed by atoms with Crippen LogP contribution in [0.25, 0.3) is 11.1 Å². The van der Waals surface area contributed by atoms with Crippen molar-refractivity contribution in [3.8, 4) is 16.9 Å². The summed E-state index contributed by atoms with van der Waals surface area (Å²) in [4.78, 5) is 20.2. The van der Waals surface area contributed by atoms with Gasteiger partial charge in [0.25, 0.3) is 6.43 Å². The first-order chi connectivity index (χ1) is 21.5. The normalized spacial score (nSPS) is 15.7. The van der Waals surface area contributed by atoms with Gasteiger partial charge in [0.05, 0.1) is 24.0 Å².